The highest BCUT2D eigenvalue weighted by Crippen LogP contribution is 2.14. The third-order valence-corrected chi connectivity index (χ3v) is 4.07. The average molecular weight is 370 g/mol. The summed E-state index contributed by atoms with van der Waals surface area (Å²) < 4.78 is 0. The Morgan fingerprint density at radius 3 is 1.39 bits per heavy atom. The molecule has 4 nitrogen and oxygen atoms in total. The molecule has 0 aliphatic rings. The second kappa shape index (κ2) is 8.64. The molecule has 28 heavy (non-hydrogen) atoms. The van der Waals surface area contributed by atoms with Crippen molar-refractivity contribution in [2.45, 2.75) is 0 Å². The van der Waals surface area contributed by atoms with Crippen molar-refractivity contribution < 1.29 is 19.8 Å². The fourth-order valence-corrected chi connectivity index (χ4v) is 2.53. The molecule has 0 spiro atoms. The van der Waals surface area contributed by atoms with Crippen molar-refractivity contribution in [3.8, 4) is 11.5 Å². The summed E-state index contributed by atoms with van der Waals surface area (Å²) in [7, 11) is 0. The fourth-order valence-electron chi connectivity index (χ4n) is 2.53. The van der Waals surface area contributed by atoms with E-state index in [0.717, 1.165) is 11.1 Å². The van der Waals surface area contributed by atoms with Crippen LogP contribution in [-0.4, -0.2) is 21.8 Å². The maximum absolute atomic E-state index is 12.4. The molecule has 0 aromatic heterocycles. The number of aromatic hydroxyl groups is 2. The highest BCUT2D eigenvalue weighted by molar-refractivity contribution is 6.11. The number of carbonyl (C=O) groups is 2. The summed E-state index contributed by atoms with van der Waals surface area (Å²) in [6, 6.07) is 19.5. The van der Waals surface area contributed by atoms with Gasteiger partial charge in [-0.2, -0.15) is 0 Å². The Kier molecular flexibility index (Phi) is 5.82. The van der Waals surface area contributed by atoms with Crippen LogP contribution in [0.15, 0.2) is 84.9 Å². The molecule has 0 radical (unpaired) electrons. The number of allylic oxidation sites excluding steroid dienone is 2. The lowest BCUT2D eigenvalue weighted by Gasteiger charge is -2.00. The molecular weight excluding hydrogens is 352 g/mol. The minimum absolute atomic E-state index is 0.162. The lowest BCUT2D eigenvalue weighted by Crippen LogP contribution is -1.99. The highest BCUT2D eigenvalue weighted by atomic mass is 16.3. The molecule has 138 valence electrons. The van der Waals surface area contributed by atoms with Gasteiger partial charge in [0.05, 0.1) is 0 Å². The predicted octanol–water partition coefficient (Wildman–Crippen LogP) is 4.89. The molecule has 0 atom stereocenters. The lowest BCUT2D eigenvalue weighted by atomic mass is 10.0. The van der Waals surface area contributed by atoms with E-state index in [1.54, 1.807) is 84.9 Å². The van der Waals surface area contributed by atoms with Crippen LogP contribution in [0, 0.1) is 0 Å². The summed E-state index contributed by atoms with van der Waals surface area (Å²) in [5.74, 6) is -0.111. The second-order valence-corrected chi connectivity index (χ2v) is 6.16. The zero-order valence-corrected chi connectivity index (χ0v) is 14.9. The van der Waals surface area contributed by atoms with E-state index in [-0.39, 0.29) is 23.1 Å². The van der Waals surface area contributed by atoms with Crippen LogP contribution < -0.4 is 0 Å². The van der Waals surface area contributed by atoms with Crippen molar-refractivity contribution in [1.29, 1.82) is 0 Å². The van der Waals surface area contributed by atoms with Gasteiger partial charge in [-0.1, -0.05) is 54.6 Å². The van der Waals surface area contributed by atoms with Crippen LogP contribution in [0.1, 0.15) is 31.8 Å². The molecule has 0 bridgehead atoms. The Morgan fingerprint density at radius 1 is 0.607 bits per heavy atom. The van der Waals surface area contributed by atoms with Gasteiger partial charge in [0.25, 0.3) is 0 Å². The first-order valence-electron chi connectivity index (χ1n) is 8.64. The number of hydrogen-bond acceptors (Lipinski definition) is 4. The Hall–Kier alpha value is -3.92. The largest absolute Gasteiger partial charge is 0.508 e. The number of carbonyl (C=O) groups excluding carboxylic acids is 2. The predicted molar refractivity (Wildman–Crippen MR) is 109 cm³/mol. The normalized spacial score (nSPS) is 11.1. The summed E-state index contributed by atoms with van der Waals surface area (Å²) >= 11 is 0. The van der Waals surface area contributed by atoms with Crippen LogP contribution >= 0.6 is 0 Å². The highest BCUT2D eigenvalue weighted by Gasteiger charge is 2.07. The first kappa shape index (κ1) is 18.9. The molecule has 0 saturated heterocycles. The second-order valence-electron chi connectivity index (χ2n) is 6.16. The van der Waals surface area contributed by atoms with Crippen LogP contribution in [0.5, 0.6) is 11.5 Å². The average Bonchev–Trinajstić information content (AvgIpc) is 2.72. The number of ketones is 2. The van der Waals surface area contributed by atoms with E-state index in [1.165, 1.54) is 12.2 Å². The van der Waals surface area contributed by atoms with Gasteiger partial charge in [-0.15, -0.1) is 0 Å². The molecule has 3 aromatic carbocycles. The van der Waals surface area contributed by atoms with E-state index in [0.29, 0.717) is 11.1 Å². The summed E-state index contributed by atoms with van der Waals surface area (Å²) in [6.07, 6.45) is 6.17. The molecule has 3 aromatic rings. The minimum Gasteiger partial charge on any atom is -0.508 e. The maximum atomic E-state index is 12.4. The van der Waals surface area contributed by atoms with E-state index in [4.69, 9.17) is 0 Å². The number of rotatable bonds is 6. The molecular formula is C24H18O4. The van der Waals surface area contributed by atoms with E-state index >= 15 is 0 Å². The molecule has 0 aliphatic heterocycles. The van der Waals surface area contributed by atoms with Crippen molar-refractivity contribution in [2.75, 3.05) is 0 Å². The minimum atomic E-state index is -0.217. The third-order valence-electron chi connectivity index (χ3n) is 4.07. The van der Waals surface area contributed by atoms with Gasteiger partial charge >= 0.3 is 0 Å². The van der Waals surface area contributed by atoms with Gasteiger partial charge in [0.15, 0.2) is 11.6 Å². The van der Waals surface area contributed by atoms with Crippen LogP contribution in [0.2, 0.25) is 0 Å². The van der Waals surface area contributed by atoms with Crippen molar-refractivity contribution in [3.05, 3.63) is 107 Å². The van der Waals surface area contributed by atoms with Crippen molar-refractivity contribution in [3.63, 3.8) is 0 Å². The molecule has 0 heterocycles. The SMILES string of the molecule is O=C(/C=C/c1ccc(O)cc1)c1cccc(C(=O)/C=C/c2ccc(O)cc2)c1. The van der Waals surface area contributed by atoms with Crippen LogP contribution in [0.3, 0.4) is 0 Å². The van der Waals surface area contributed by atoms with E-state index in [1.807, 2.05) is 0 Å². The summed E-state index contributed by atoms with van der Waals surface area (Å²) in [6.45, 7) is 0. The summed E-state index contributed by atoms with van der Waals surface area (Å²) in [4.78, 5) is 24.8. The Balaban J connectivity index is 1.71. The zero-order valence-electron chi connectivity index (χ0n) is 14.9. The molecule has 0 unspecified atom stereocenters. The van der Waals surface area contributed by atoms with Gasteiger partial charge in [0.2, 0.25) is 0 Å². The molecule has 3 rings (SSSR count). The first-order chi connectivity index (χ1) is 13.5. The summed E-state index contributed by atoms with van der Waals surface area (Å²) in [5.41, 5.74) is 2.41. The third kappa shape index (κ3) is 5.05. The van der Waals surface area contributed by atoms with Crippen molar-refractivity contribution in [1.82, 2.24) is 0 Å². The molecule has 2 N–H and O–H groups in total. The Morgan fingerprint density at radius 2 is 1.00 bits per heavy atom. The van der Waals surface area contributed by atoms with Crippen LogP contribution in [0.4, 0.5) is 0 Å². The first-order valence-corrected chi connectivity index (χ1v) is 8.64. The van der Waals surface area contributed by atoms with Crippen molar-refractivity contribution >= 4 is 23.7 Å². The maximum Gasteiger partial charge on any atom is 0.185 e. The van der Waals surface area contributed by atoms with Gasteiger partial charge < -0.3 is 10.2 Å². The smallest absolute Gasteiger partial charge is 0.185 e. The Bertz CT molecular complexity index is 960. The zero-order chi connectivity index (χ0) is 19.9. The van der Waals surface area contributed by atoms with Crippen molar-refractivity contribution in [2.24, 2.45) is 0 Å². The Labute approximate surface area is 162 Å². The molecule has 0 aliphatic carbocycles. The quantitative estimate of drug-likeness (QED) is 0.478. The number of benzene rings is 3. The van der Waals surface area contributed by atoms with Crippen LogP contribution in [0.25, 0.3) is 12.2 Å². The van der Waals surface area contributed by atoms with E-state index in [9.17, 15) is 19.8 Å². The van der Waals surface area contributed by atoms with Gasteiger partial charge in [0, 0.05) is 11.1 Å². The number of phenols is 2. The number of phenolic OH excluding ortho intramolecular Hbond substituents is 2. The standard InChI is InChI=1S/C24H18O4/c25-21-10-4-17(5-11-21)8-14-23(27)19-2-1-3-20(16-19)24(28)15-9-18-6-12-22(26)13-7-18/h1-16,25-26H/b14-8+,15-9+. The molecule has 0 amide bonds. The molecule has 4 heteroatoms. The summed E-state index contributed by atoms with van der Waals surface area (Å²) in [5, 5.41) is 18.6. The van der Waals surface area contributed by atoms with E-state index < -0.39 is 0 Å². The van der Waals surface area contributed by atoms with Gasteiger partial charge in [-0.05, 0) is 53.6 Å². The topological polar surface area (TPSA) is 74.6 Å². The van der Waals surface area contributed by atoms with Gasteiger partial charge in [-0.25, -0.2) is 0 Å². The molecule has 0 fully saturated rings. The monoisotopic (exact) mass is 370 g/mol. The fraction of sp³-hybridized carbons (Fsp3) is 0. The van der Waals surface area contributed by atoms with E-state index in [2.05, 4.69) is 0 Å². The lowest BCUT2D eigenvalue weighted by molar-refractivity contribution is 0.104. The number of hydrogen-bond donors (Lipinski definition) is 2. The van der Waals surface area contributed by atoms with Gasteiger partial charge in [0.1, 0.15) is 11.5 Å². The molecule has 0 saturated carbocycles. The van der Waals surface area contributed by atoms with Gasteiger partial charge in [-0.3, -0.25) is 9.59 Å². The van der Waals surface area contributed by atoms with Crippen LogP contribution in [-0.2, 0) is 0 Å².